The second-order valence-corrected chi connectivity index (χ2v) is 5.71. The average Bonchev–Trinajstić information content (AvgIpc) is 2.33. The molecule has 2 rings (SSSR count). The van der Waals surface area contributed by atoms with Gasteiger partial charge in [-0.1, -0.05) is 0 Å². The molecule has 0 aliphatic heterocycles. The molecule has 0 N–H and O–H groups in total. The van der Waals surface area contributed by atoms with Crippen LogP contribution in [0.3, 0.4) is 0 Å². The van der Waals surface area contributed by atoms with Crippen molar-refractivity contribution in [2.45, 2.75) is 0 Å². The van der Waals surface area contributed by atoms with Gasteiger partial charge in [-0.2, -0.15) is 0 Å². The van der Waals surface area contributed by atoms with Crippen molar-refractivity contribution in [1.82, 2.24) is 4.37 Å². The molecular weight excluding hydrogens is 233 g/mol. The average molecular weight is 236 g/mol. The summed E-state index contributed by atoms with van der Waals surface area (Å²) >= 11 is 6.24. The van der Waals surface area contributed by atoms with E-state index in [4.69, 9.17) is 11.6 Å². The summed E-state index contributed by atoms with van der Waals surface area (Å²) in [6.07, 6.45) is 0. The molecule has 10 heavy (non-hydrogen) atoms. The van der Waals surface area contributed by atoms with Crippen LogP contribution in [0, 0.1) is 0 Å². The zero-order chi connectivity index (χ0) is 6.97. The van der Waals surface area contributed by atoms with Crippen LogP contribution >= 0.6 is 21.5 Å². The third-order valence-corrected chi connectivity index (χ3v) is 4.70. The van der Waals surface area contributed by atoms with Gasteiger partial charge in [0.2, 0.25) is 0 Å². The van der Waals surface area contributed by atoms with Gasteiger partial charge in [0.15, 0.2) is 0 Å². The van der Waals surface area contributed by atoms with Crippen molar-refractivity contribution in [3.8, 4) is 0 Å². The molecule has 0 aliphatic rings. The number of hydrogen-bond acceptors (Lipinski definition) is 1. The summed E-state index contributed by atoms with van der Waals surface area (Å²) in [6, 6.07) is 5.85. The Labute approximate surface area is 72.2 Å². The van der Waals surface area contributed by atoms with Gasteiger partial charge in [-0.05, 0) is 0 Å². The van der Waals surface area contributed by atoms with Crippen LogP contribution in [-0.4, -0.2) is 17.7 Å². The molecule has 0 amide bonds. The first kappa shape index (κ1) is 6.74. The Morgan fingerprint density at radius 1 is 1.50 bits per heavy atom. The quantitative estimate of drug-likeness (QED) is 0.504. The van der Waals surface area contributed by atoms with E-state index in [0.29, 0.717) is 13.3 Å². The maximum atomic E-state index is 5.78. The first-order valence-corrected chi connectivity index (χ1v) is 6.74. The fourth-order valence-electron chi connectivity index (χ4n) is 0.729. The standard InChI is InChI=1S/C6H3ClNSSe/c7-4-1-2-5-6(3-4)10-9-8-5/h1-3H/q+1. The van der Waals surface area contributed by atoms with Crippen LogP contribution in [0.1, 0.15) is 0 Å². The first-order valence-electron chi connectivity index (χ1n) is 2.70. The SMILES string of the molecule is Clc1ccc2n[s+][se]c2c1. The number of nitrogens with zero attached hydrogens (tertiary/aromatic N) is 1. The maximum absolute atomic E-state index is 5.78. The van der Waals surface area contributed by atoms with Gasteiger partial charge < -0.3 is 0 Å². The van der Waals surface area contributed by atoms with Crippen molar-refractivity contribution in [2.75, 3.05) is 0 Å². The van der Waals surface area contributed by atoms with E-state index in [9.17, 15) is 0 Å². The second kappa shape index (κ2) is 2.59. The predicted molar refractivity (Wildman–Crippen MR) is 46.0 cm³/mol. The Bertz CT molecular complexity index is 359. The second-order valence-electron chi connectivity index (χ2n) is 1.86. The van der Waals surface area contributed by atoms with Crippen molar-refractivity contribution in [3.63, 3.8) is 0 Å². The molecule has 0 radical (unpaired) electrons. The van der Waals surface area contributed by atoms with Crippen LogP contribution in [0.4, 0.5) is 0 Å². The Kier molecular flexibility index (Phi) is 1.75. The van der Waals surface area contributed by atoms with Crippen LogP contribution in [0.5, 0.6) is 0 Å². The van der Waals surface area contributed by atoms with Crippen LogP contribution in [0.15, 0.2) is 18.2 Å². The van der Waals surface area contributed by atoms with E-state index in [1.54, 1.807) is 9.91 Å². The number of fused-ring (bicyclic) bond motifs is 1. The molecule has 50 valence electrons. The normalized spacial score (nSPS) is 10.5. The number of halogens is 1. The van der Waals surface area contributed by atoms with Gasteiger partial charge in [-0.3, -0.25) is 0 Å². The third kappa shape index (κ3) is 1.10. The van der Waals surface area contributed by atoms with Crippen LogP contribution < -0.4 is 0 Å². The fourth-order valence-corrected chi connectivity index (χ4v) is 4.26. The van der Waals surface area contributed by atoms with Crippen LogP contribution in [-0.2, 0) is 0 Å². The van der Waals surface area contributed by atoms with Gasteiger partial charge in [-0.15, -0.1) is 0 Å². The van der Waals surface area contributed by atoms with E-state index in [1.165, 1.54) is 4.26 Å². The first-order chi connectivity index (χ1) is 4.86. The fraction of sp³-hybridized carbons (Fsp3) is 0. The van der Waals surface area contributed by atoms with Gasteiger partial charge >= 0.3 is 72.2 Å². The molecule has 0 spiro atoms. The summed E-state index contributed by atoms with van der Waals surface area (Å²) < 4.78 is 5.54. The summed E-state index contributed by atoms with van der Waals surface area (Å²) in [5.41, 5.74) is 1.11. The van der Waals surface area contributed by atoms with E-state index < -0.39 is 0 Å². The van der Waals surface area contributed by atoms with Crippen LogP contribution in [0.2, 0.25) is 5.02 Å². The van der Waals surface area contributed by atoms with Gasteiger partial charge in [0, 0.05) is 0 Å². The third-order valence-electron chi connectivity index (χ3n) is 1.18. The molecule has 0 saturated heterocycles. The molecule has 1 aromatic heterocycles. The van der Waals surface area contributed by atoms with Gasteiger partial charge in [0.1, 0.15) is 0 Å². The molecule has 0 aliphatic carbocycles. The van der Waals surface area contributed by atoms with Gasteiger partial charge in [0.05, 0.1) is 0 Å². The van der Waals surface area contributed by atoms with E-state index in [-0.39, 0.29) is 0 Å². The Morgan fingerprint density at radius 3 is 3.30 bits per heavy atom. The molecule has 4 heteroatoms. The Balaban J connectivity index is 2.86. The zero-order valence-corrected chi connectivity index (χ0v) is 8.16. The molecular formula is C6H3ClNSSe+. The zero-order valence-electron chi connectivity index (χ0n) is 4.87. The summed E-state index contributed by atoms with van der Waals surface area (Å²) in [4.78, 5) is 0. The minimum absolute atomic E-state index is 0.459. The summed E-state index contributed by atoms with van der Waals surface area (Å²) in [5, 5.41) is 0.818. The predicted octanol–water partition coefficient (Wildman–Crippen LogP) is 2.29. The van der Waals surface area contributed by atoms with Crippen molar-refractivity contribution < 1.29 is 0 Å². The molecule has 0 fully saturated rings. The van der Waals surface area contributed by atoms with Crippen molar-refractivity contribution >= 4 is 44.6 Å². The summed E-state index contributed by atoms with van der Waals surface area (Å²) in [5.74, 6) is 0. The topological polar surface area (TPSA) is 12.9 Å². The van der Waals surface area contributed by atoms with E-state index in [0.717, 1.165) is 10.5 Å². The molecule has 1 aromatic carbocycles. The molecule has 1 heterocycles. The molecule has 0 saturated carbocycles. The number of hydrogen-bond donors (Lipinski definition) is 0. The Hall–Kier alpha value is 0.0495. The van der Waals surface area contributed by atoms with Gasteiger partial charge in [-0.25, -0.2) is 0 Å². The molecule has 1 nitrogen and oxygen atoms in total. The minimum atomic E-state index is 0.459. The summed E-state index contributed by atoms with van der Waals surface area (Å²) in [6.45, 7) is 0. The van der Waals surface area contributed by atoms with E-state index >= 15 is 0 Å². The molecule has 0 unspecified atom stereocenters. The van der Waals surface area contributed by atoms with E-state index in [1.807, 2.05) is 18.2 Å². The van der Waals surface area contributed by atoms with Crippen LogP contribution in [0.25, 0.3) is 9.78 Å². The summed E-state index contributed by atoms with van der Waals surface area (Å²) in [7, 11) is 1.64. The van der Waals surface area contributed by atoms with Crippen molar-refractivity contribution in [1.29, 1.82) is 0 Å². The van der Waals surface area contributed by atoms with Crippen molar-refractivity contribution in [3.05, 3.63) is 23.2 Å². The van der Waals surface area contributed by atoms with E-state index in [2.05, 4.69) is 4.37 Å². The molecule has 2 aromatic rings. The molecule has 0 bridgehead atoms. The Morgan fingerprint density at radius 2 is 2.40 bits per heavy atom. The number of aromatic nitrogens is 1. The number of benzene rings is 1. The van der Waals surface area contributed by atoms with Crippen molar-refractivity contribution in [2.24, 2.45) is 0 Å². The number of rotatable bonds is 0. The monoisotopic (exact) mass is 236 g/mol. The van der Waals surface area contributed by atoms with Gasteiger partial charge in [0.25, 0.3) is 0 Å². The molecule has 0 atom stereocenters.